The summed E-state index contributed by atoms with van der Waals surface area (Å²) >= 11 is 0. The second kappa shape index (κ2) is 5.86. The monoisotopic (exact) mass is 281 g/mol. The van der Waals surface area contributed by atoms with E-state index in [1.807, 2.05) is 30.3 Å². The molecule has 0 fully saturated rings. The van der Waals surface area contributed by atoms with Crippen LogP contribution in [-0.2, 0) is 12.7 Å². The summed E-state index contributed by atoms with van der Waals surface area (Å²) in [6.07, 6.45) is -4.42. The molecule has 20 heavy (non-hydrogen) atoms. The summed E-state index contributed by atoms with van der Waals surface area (Å²) in [6.45, 7) is 0.330. The minimum Gasteiger partial charge on any atom is -0.497 e. The van der Waals surface area contributed by atoms with Crippen LogP contribution in [0.1, 0.15) is 11.1 Å². The number of nitrogens with one attached hydrogen (secondary N) is 1. The molecule has 0 atom stereocenters. The highest BCUT2D eigenvalue weighted by atomic mass is 19.4. The van der Waals surface area contributed by atoms with Gasteiger partial charge in [0, 0.05) is 12.2 Å². The van der Waals surface area contributed by atoms with E-state index < -0.39 is 11.7 Å². The zero-order valence-electron chi connectivity index (χ0n) is 10.9. The van der Waals surface area contributed by atoms with E-state index in [9.17, 15) is 13.2 Å². The second-order valence-corrected chi connectivity index (χ2v) is 4.25. The van der Waals surface area contributed by atoms with Gasteiger partial charge in [0.2, 0.25) is 0 Å². The molecule has 0 bridgehead atoms. The summed E-state index contributed by atoms with van der Waals surface area (Å²) in [5, 5.41) is 2.81. The molecule has 0 heterocycles. The van der Waals surface area contributed by atoms with E-state index in [4.69, 9.17) is 4.74 Å². The number of rotatable bonds is 4. The van der Waals surface area contributed by atoms with Gasteiger partial charge in [-0.05, 0) is 23.8 Å². The molecule has 2 nitrogen and oxygen atoms in total. The fourth-order valence-electron chi connectivity index (χ4n) is 1.83. The lowest BCUT2D eigenvalue weighted by molar-refractivity contribution is -0.137. The van der Waals surface area contributed by atoms with Crippen LogP contribution in [0.15, 0.2) is 48.5 Å². The van der Waals surface area contributed by atoms with Gasteiger partial charge >= 0.3 is 6.18 Å². The van der Waals surface area contributed by atoms with Crippen LogP contribution in [-0.4, -0.2) is 7.11 Å². The third-order valence-electron chi connectivity index (χ3n) is 2.86. The summed E-state index contributed by atoms with van der Waals surface area (Å²) in [5.41, 5.74) is 0.228. The third-order valence-corrected chi connectivity index (χ3v) is 2.86. The van der Waals surface area contributed by atoms with Crippen LogP contribution in [0.3, 0.4) is 0 Å². The molecule has 0 amide bonds. The first-order valence-corrected chi connectivity index (χ1v) is 6.04. The molecule has 2 rings (SSSR count). The maximum absolute atomic E-state index is 13.0. The van der Waals surface area contributed by atoms with Gasteiger partial charge in [-0.1, -0.05) is 30.3 Å². The number of ether oxygens (including phenoxy) is 1. The van der Waals surface area contributed by atoms with Crippen LogP contribution in [0.4, 0.5) is 18.9 Å². The van der Waals surface area contributed by atoms with Gasteiger partial charge in [0.1, 0.15) is 5.75 Å². The largest absolute Gasteiger partial charge is 0.497 e. The zero-order chi connectivity index (χ0) is 14.6. The van der Waals surface area contributed by atoms with Crippen molar-refractivity contribution in [3.63, 3.8) is 0 Å². The number of hydrogen-bond acceptors (Lipinski definition) is 2. The van der Waals surface area contributed by atoms with E-state index in [-0.39, 0.29) is 11.4 Å². The molecule has 5 heteroatoms. The molecule has 0 aliphatic carbocycles. The number of benzene rings is 2. The van der Waals surface area contributed by atoms with E-state index in [0.29, 0.717) is 6.54 Å². The fourth-order valence-corrected chi connectivity index (χ4v) is 1.83. The Morgan fingerprint density at radius 2 is 1.75 bits per heavy atom. The predicted molar refractivity (Wildman–Crippen MR) is 71.8 cm³/mol. The Balaban J connectivity index is 2.23. The number of anilines is 1. The molecule has 0 aliphatic rings. The first kappa shape index (κ1) is 14.2. The third kappa shape index (κ3) is 3.44. The Morgan fingerprint density at radius 3 is 2.35 bits per heavy atom. The first-order chi connectivity index (χ1) is 9.50. The van der Waals surface area contributed by atoms with Crippen LogP contribution in [0, 0.1) is 0 Å². The standard InChI is InChI=1S/C15H14F3NO/c1-20-12-7-8-14(13(9-12)15(16,17)18)19-10-11-5-3-2-4-6-11/h2-9,19H,10H2,1H3. The van der Waals surface area contributed by atoms with Crippen LogP contribution < -0.4 is 10.1 Å². The summed E-state index contributed by atoms with van der Waals surface area (Å²) in [5.74, 6) is 0.183. The lowest BCUT2D eigenvalue weighted by Gasteiger charge is -2.15. The molecule has 2 aromatic carbocycles. The van der Waals surface area contributed by atoms with Gasteiger partial charge < -0.3 is 10.1 Å². The Morgan fingerprint density at radius 1 is 1.05 bits per heavy atom. The van der Waals surface area contributed by atoms with Crippen molar-refractivity contribution in [2.45, 2.75) is 12.7 Å². The molecule has 0 aliphatic heterocycles. The van der Waals surface area contributed by atoms with Gasteiger partial charge in [0.15, 0.2) is 0 Å². The lowest BCUT2D eigenvalue weighted by Crippen LogP contribution is -2.11. The van der Waals surface area contributed by atoms with Crippen molar-refractivity contribution in [3.8, 4) is 5.75 Å². The number of methoxy groups -OCH3 is 1. The van der Waals surface area contributed by atoms with Gasteiger partial charge in [-0.2, -0.15) is 13.2 Å². The summed E-state index contributed by atoms with van der Waals surface area (Å²) in [7, 11) is 1.34. The molecule has 2 aromatic rings. The molecular formula is C15H14F3NO. The Bertz CT molecular complexity index is 567. The minimum atomic E-state index is -4.42. The summed E-state index contributed by atoms with van der Waals surface area (Å²) in [6, 6.07) is 13.1. The Hall–Kier alpha value is -2.17. The van der Waals surface area contributed by atoms with Crippen molar-refractivity contribution >= 4 is 5.69 Å². The maximum atomic E-state index is 13.0. The predicted octanol–water partition coefficient (Wildman–Crippen LogP) is 4.33. The van der Waals surface area contributed by atoms with E-state index in [1.165, 1.54) is 19.2 Å². The Labute approximate surface area is 115 Å². The molecule has 0 unspecified atom stereocenters. The van der Waals surface area contributed by atoms with Crippen molar-refractivity contribution in [3.05, 3.63) is 59.7 Å². The van der Waals surface area contributed by atoms with Gasteiger partial charge in [-0.15, -0.1) is 0 Å². The SMILES string of the molecule is COc1ccc(NCc2ccccc2)c(C(F)(F)F)c1. The highest BCUT2D eigenvalue weighted by Gasteiger charge is 2.34. The van der Waals surface area contributed by atoms with Crippen molar-refractivity contribution in [2.75, 3.05) is 12.4 Å². The second-order valence-electron chi connectivity index (χ2n) is 4.25. The van der Waals surface area contributed by atoms with E-state index >= 15 is 0 Å². The quantitative estimate of drug-likeness (QED) is 0.900. The van der Waals surface area contributed by atoms with Gasteiger partial charge in [0.05, 0.1) is 12.7 Å². The van der Waals surface area contributed by atoms with Gasteiger partial charge in [-0.3, -0.25) is 0 Å². The Kier molecular flexibility index (Phi) is 4.17. The van der Waals surface area contributed by atoms with Crippen LogP contribution in [0.5, 0.6) is 5.75 Å². The summed E-state index contributed by atoms with van der Waals surface area (Å²) in [4.78, 5) is 0. The average Bonchev–Trinajstić information content (AvgIpc) is 2.45. The van der Waals surface area contributed by atoms with Crippen LogP contribution in [0.2, 0.25) is 0 Å². The molecular weight excluding hydrogens is 267 g/mol. The topological polar surface area (TPSA) is 21.3 Å². The maximum Gasteiger partial charge on any atom is 0.418 e. The van der Waals surface area contributed by atoms with Crippen LogP contribution >= 0.6 is 0 Å². The normalized spacial score (nSPS) is 11.2. The molecule has 0 aromatic heterocycles. The molecule has 0 spiro atoms. The number of hydrogen-bond donors (Lipinski definition) is 1. The van der Waals surface area contributed by atoms with Crippen molar-refractivity contribution in [1.29, 1.82) is 0 Å². The van der Waals surface area contributed by atoms with Crippen molar-refractivity contribution in [2.24, 2.45) is 0 Å². The van der Waals surface area contributed by atoms with Crippen molar-refractivity contribution in [1.82, 2.24) is 0 Å². The molecule has 0 saturated heterocycles. The highest BCUT2D eigenvalue weighted by Crippen LogP contribution is 2.37. The zero-order valence-corrected chi connectivity index (χ0v) is 10.9. The highest BCUT2D eigenvalue weighted by molar-refractivity contribution is 5.56. The fraction of sp³-hybridized carbons (Fsp3) is 0.200. The van der Waals surface area contributed by atoms with E-state index in [0.717, 1.165) is 11.6 Å². The van der Waals surface area contributed by atoms with Crippen LogP contribution in [0.25, 0.3) is 0 Å². The minimum absolute atomic E-state index is 0.0437. The molecule has 0 saturated carbocycles. The molecule has 1 N–H and O–H groups in total. The lowest BCUT2D eigenvalue weighted by atomic mass is 10.1. The first-order valence-electron chi connectivity index (χ1n) is 6.04. The van der Waals surface area contributed by atoms with Gasteiger partial charge in [-0.25, -0.2) is 0 Å². The van der Waals surface area contributed by atoms with Crippen molar-refractivity contribution < 1.29 is 17.9 Å². The van der Waals surface area contributed by atoms with E-state index in [2.05, 4.69) is 5.32 Å². The van der Waals surface area contributed by atoms with E-state index in [1.54, 1.807) is 0 Å². The van der Waals surface area contributed by atoms with Gasteiger partial charge in [0.25, 0.3) is 0 Å². The molecule has 0 radical (unpaired) electrons. The molecule has 106 valence electrons. The summed E-state index contributed by atoms with van der Waals surface area (Å²) < 4.78 is 43.8. The smallest absolute Gasteiger partial charge is 0.418 e. The average molecular weight is 281 g/mol. The number of alkyl halides is 3. The number of halogens is 3.